The van der Waals surface area contributed by atoms with Gasteiger partial charge in [0.05, 0.1) is 11.4 Å². The van der Waals surface area contributed by atoms with Crippen LogP contribution in [0.1, 0.15) is 15.9 Å². The molecule has 0 saturated carbocycles. The zero-order valence-electron chi connectivity index (χ0n) is 17.7. The minimum absolute atomic E-state index is 0.127. The van der Waals surface area contributed by atoms with Crippen LogP contribution in [0.3, 0.4) is 0 Å². The number of hydrogen-bond acceptors (Lipinski definition) is 5. The molecule has 3 aromatic carbocycles. The molecule has 0 bridgehead atoms. The van der Waals surface area contributed by atoms with E-state index in [9.17, 15) is 9.59 Å². The first-order chi connectivity index (χ1) is 15.9. The van der Waals surface area contributed by atoms with Crippen molar-refractivity contribution in [3.63, 3.8) is 0 Å². The zero-order valence-corrected chi connectivity index (χ0v) is 19.2. The Kier molecular flexibility index (Phi) is 6.76. The largest absolute Gasteiger partial charge is 0.366 e. The SMILES string of the molecule is Cc1ccccc1-n1c(SCC(=O)Nc2ccc(C(N)=O)cc2)nnc1-c1ccc(Cl)cc1. The van der Waals surface area contributed by atoms with E-state index in [0.29, 0.717) is 27.3 Å². The minimum atomic E-state index is -0.518. The van der Waals surface area contributed by atoms with Crippen LogP contribution in [0.2, 0.25) is 5.02 Å². The molecule has 0 unspecified atom stereocenters. The van der Waals surface area contributed by atoms with Crippen LogP contribution in [-0.2, 0) is 4.79 Å². The Bertz CT molecular complexity index is 1300. The number of nitrogens with zero attached hydrogens (tertiary/aromatic N) is 3. The highest BCUT2D eigenvalue weighted by atomic mass is 35.5. The van der Waals surface area contributed by atoms with E-state index >= 15 is 0 Å². The van der Waals surface area contributed by atoms with Crippen LogP contribution in [0.5, 0.6) is 0 Å². The van der Waals surface area contributed by atoms with E-state index in [-0.39, 0.29) is 11.7 Å². The number of halogens is 1. The number of rotatable bonds is 7. The van der Waals surface area contributed by atoms with Gasteiger partial charge in [0, 0.05) is 21.8 Å². The van der Waals surface area contributed by atoms with E-state index in [2.05, 4.69) is 15.5 Å². The first-order valence-electron chi connectivity index (χ1n) is 10.0. The molecule has 2 amide bonds. The summed E-state index contributed by atoms with van der Waals surface area (Å²) in [6.07, 6.45) is 0. The molecule has 33 heavy (non-hydrogen) atoms. The number of primary amides is 1. The molecule has 0 aliphatic rings. The Morgan fingerprint density at radius 3 is 2.36 bits per heavy atom. The van der Waals surface area contributed by atoms with Crippen molar-refractivity contribution in [3.05, 3.63) is 88.9 Å². The number of nitrogens with one attached hydrogen (secondary N) is 1. The van der Waals surface area contributed by atoms with Crippen molar-refractivity contribution in [3.8, 4) is 17.1 Å². The van der Waals surface area contributed by atoms with Crippen molar-refractivity contribution in [2.24, 2.45) is 5.73 Å². The van der Waals surface area contributed by atoms with Gasteiger partial charge in [-0.2, -0.15) is 0 Å². The molecule has 0 aliphatic heterocycles. The second-order valence-electron chi connectivity index (χ2n) is 7.21. The number of thioether (sulfide) groups is 1. The highest BCUT2D eigenvalue weighted by Gasteiger charge is 2.18. The minimum Gasteiger partial charge on any atom is -0.366 e. The van der Waals surface area contributed by atoms with Crippen molar-refractivity contribution in [2.45, 2.75) is 12.1 Å². The first-order valence-corrected chi connectivity index (χ1v) is 11.4. The van der Waals surface area contributed by atoms with Crippen molar-refractivity contribution in [1.29, 1.82) is 0 Å². The summed E-state index contributed by atoms with van der Waals surface area (Å²) in [5.41, 5.74) is 9.04. The molecular formula is C24H20ClN5O2S. The summed E-state index contributed by atoms with van der Waals surface area (Å²) in [6.45, 7) is 2.01. The van der Waals surface area contributed by atoms with E-state index < -0.39 is 5.91 Å². The molecule has 0 atom stereocenters. The molecule has 1 aromatic heterocycles. The monoisotopic (exact) mass is 477 g/mol. The lowest BCUT2D eigenvalue weighted by molar-refractivity contribution is -0.113. The van der Waals surface area contributed by atoms with Gasteiger partial charge < -0.3 is 11.1 Å². The molecule has 9 heteroatoms. The third kappa shape index (κ3) is 5.24. The van der Waals surface area contributed by atoms with Crippen molar-refractivity contribution in [1.82, 2.24) is 14.8 Å². The molecule has 4 aromatic rings. The van der Waals surface area contributed by atoms with Gasteiger partial charge in [-0.05, 0) is 67.1 Å². The van der Waals surface area contributed by atoms with E-state index in [1.807, 2.05) is 47.9 Å². The summed E-state index contributed by atoms with van der Waals surface area (Å²) in [7, 11) is 0. The summed E-state index contributed by atoms with van der Waals surface area (Å²) in [5, 5.41) is 12.8. The van der Waals surface area contributed by atoms with Gasteiger partial charge in [-0.1, -0.05) is 41.6 Å². The van der Waals surface area contributed by atoms with Gasteiger partial charge in [-0.15, -0.1) is 10.2 Å². The number of amides is 2. The normalized spacial score (nSPS) is 10.7. The number of anilines is 1. The van der Waals surface area contributed by atoms with Crippen molar-refractivity contribution >= 4 is 40.9 Å². The topological polar surface area (TPSA) is 103 Å². The van der Waals surface area contributed by atoms with Gasteiger partial charge in [-0.3, -0.25) is 14.2 Å². The third-order valence-corrected chi connectivity index (χ3v) is 6.06. The second kappa shape index (κ2) is 9.89. The lowest BCUT2D eigenvalue weighted by atomic mass is 10.1. The summed E-state index contributed by atoms with van der Waals surface area (Å²) < 4.78 is 1.94. The number of aromatic nitrogens is 3. The lowest BCUT2D eigenvalue weighted by Gasteiger charge is -2.13. The molecule has 0 spiro atoms. The van der Waals surface area contributed by atoms with Gasteiger partial charge >= 0.3 is 0 Å². The molecule has 7 nitrogen and oxygen atoms in total. The Morgan fingerprint density at radius 2 is 1.70 bits per heavy atom. The number of carbonyl (C=O) groups excluding carboxylic acids is 2. The fourth-order valence-electron chi connectivity index (χ4n) is 3.23. The van der Waals surface area contributed by atoms with Crippen LogP contribution >= 0.6 is 23.4 Å². The molecule has 3 N–H and O–H groups in total. The fraction of sp³-hybridized carbons (Fsp3) is 0.0833. The number of hydrogen-bond donors (Lipinski definition) is 2. The van der Waals surface area contributed by atoms with E-state index in [1.165, 1.54) is 11.8 Å². The summed E-state index contributed by atoms with van der Waals surface area (Å²) in [6, 6.07) is 21.7. The molecule has 1 heterocycles. The fourth-order valence-corrected chi connectivity index (χ4v) is 4.10. The average Bonchev–Trinajstić information content (AvgIpc) is 3.22. The van der Waals surface area contributed by atoms with Crippen molar-refractivity contribution in [2.75, 3.05) is 11.1 Å². The summed E-state index contributed by atoms with van der Waals surface area (Å²) >= 11 is 7.33. The van der Waals surface area contributed by atoms with E-state index in [1.54, 1.807) is 36.4 Å². The number of carbonyl (C=O) groups is 2. The van der Waals surface area contributed by atoms with Crippen LogP contribution in [-0.4, -0.2) is 32.3 Å². The molecule has 4 rings (SSSR count). The molecule has 0 fully saturated rings. The van der Waals surface area contributed by atoms with E-state index in [4.69, 9.17) is 17.3 Å². The van der Waals surface area contributed by atoms with Crippen LogP contribution in [0.25, 0.3) is 17.1 Å². The quantitative estimate of drug-likeness (QED) is 0.375. The molecular weight excluding hydrogens is 458 g/mol. The Balaban J connectivity index is 1.57. The number of benzene rings is 3. The summed E-state index contributed by atoms with van der Waals surface area (Å²) in [4.78, 5) is 23.7. The number of nitrogens with two attached hydrogens (primary N) is 1. The third-order valence-electron chi connectivity index (χ3n) is 4.88. The zero-order chi connectivity index (χ0) is 23.4. The highest BCUT2D eigenvalue weighted by Crippen LogP contribution is 2.30. The maximum atomic E-state index is 12.5. The Labute approximate surface area is 200 Å². The second-order valence-corrected chi connectivity index (χ2v) is 8.59. The summed E-state index contributed by atoms with van der Waals surface area (Å²) in [5.74, 6) is 0.0583. The average molecular weight is 478 g/mol. The van der Waals surface area contributed by atoms with Gasteiger partial charge in [0.1, 0.15) is 0 Å². The standard InChI is InChI=1S/C24H20ClN5O2S/c1-15-4-2-3-5-20(15)30-23(17-6-10-18(25)11-7-17)28-29-24(30)33-14-21(31)27-19-12-8-16(9-13-19)22(26)32/h2-13H,14H2,1H3,(H2,26,32)(H,27,31). The molecule has 0 radical (unpaired) electrons. The van der Waals surface area contributed by atoms with E-state index in [0.717, 1.165) is 16.8 Å². The predicted octanol–water partition coefficient (Wildman–Crippen LogP) is 4.73. The Morgan fingerprint density at radius 1 is 1.00 bits per heavy atom. The molecule has 166 valence electrons. The maximum absolute atomic E-state index is 12.5. The molecule has 0 aliphatic carbocycles. The van der Waals surface area contributed by atoms with Crippen molar-refractivity contribution < 1.29 is 9.59 Å². The molecule has 0 saturated heterocycles. The Hall–Kier alpha value is -3.62. The smallest absolute Gasteiger partial charge is 0.248 e. The lowest BCUT2D eigenvalue weighted by Crippen LogP contribution is -2.15. The van der Waals surface area contributed by atoms with Gasteiger partial charge in [-0.25, -0.2) is 0 Å². The van der Waals surface area contributed by atoms with Crippen LogP contribution in [0.4, 0.5) is 5.69 Å². The van der Waals surface area contributed by atoms with Gasteiger partial charge in [0.25, 0.3) is 0 Å². The van der Waals surface area contributed by atoms with Gasteiger partial charge in [0.2, 0.25) is 11.8 Å². The van der Waals surface area contributed by atoms with Crippen LogP contribution in [0.15, 0.2) is 78.0 Å². The van der Waals surface area contributed by atoms with Crippen LogP contribution < -0.4 is 11.1 Å². The maximum Gasteiger partial charge on any atom is 0.248 e. The highest BCUT2D eigenvalue weighted by molar-refractivity contribution is 7.99. The number of aryl methyl sites for hydroxylation is 1. The first kappa shape index (κ1) is 22.6. The number of para-hydroxylation sites is 1. The van der Waals surface area contributed by atoms with Gasteiger partial charge in [0.15, 0.2) is 11.0 Å². The predicted molar refractivity (Wildman–Crippen MR) is 131 cm³/mol. The van der Waals surface area contributed by atoms with Crippen LogP contribution in [0, 0.1) is 6.92 Å².